The van der Waals surface area contributed by atoms with Gasteiger partial charge in [-0.15, -0.1) is 0 Å². The van der Waals surface area contributed by atoms with Crippen molar-refractivity contribution in [3.8, 4) is 0 Å². The summed E-state index contributed by atoms with van der Waals surface area (Å²) in [7, 11) is 4.08. The fraction of sp³-hybridized carbons (Fsp3) is 0.282. The smallest absolute Gasteiger partial charge is 0.337 e. The highest BCUT2D eigenvalue weighted by Gasteiger charge is 2.56. The number of benzene rings is 5. The maximum Gasteiger partial charge on any atom is 0.337 e. The van der Waals surface area contributed by atoms with Crippen LogP contribution in [0.1, 0.15) is 156 Å². The Bertz CT molecular complexity index is 5660. The summed E-state index contributed by atoms with van der Waals surface area (Å²) in [5.41, 5.74) is 13.3. The topological polar surface area (TPSA) is 418 Å². The van der Waals surface area contributed by atoms with Crippen LogP contribution in [0, 0.1) is 0 Å². The summed E-state index contributed by atoms with van der Waals surface area (Å²) in [6.45, 7) is 10.1. The number of anilines is 5. The average molecular weight is 1780 g/mol. The highest BCUT2D eigenvalue weighted by molar-refractivity contribution is 9.09. The number of carboxylic acid groups (broad SMARTS) is 2. The van der Waals surface area contributed by atoms with Crippen LogP contribution in [0.5, 0.6) is 0 Å². The molecule has 610 valence electrons. The van der Waals surface area contributed by atoms with Crippen molar-refractivity contribution in [2.45, 2.75) is 111 Å². The Labute approximate surface area is 708 Å². The third-order valence-corrected chi connectivity index (χ3v) is 24.4. The van der Waals surface area contributed by atoms with E-state index < -0.39 is 39.6 Å². The van der Waals surface area contributed by atoms with Crippen LogP contribution in [-0.4, -0.2) is 160 Å². The van der Waals surface area contributed by atoms with Crippen molar-refractivity contribution in [2.24, 2.45) is 0 Å². The number of hydrogen-bond donors (Lipinski definition) is 7. The Balaban J connectivity index is 0.000000123. The van der Waals surface area contributed by atoms with Crippen molar-refractivity contribution in [1.82, 2.24) is 49.8 Å². The molecule has 4 aliphatic carbocycles. The molecular formula is C85H77Br2Cl2N15O15. The monoisotopic (exact) mass is 1780 g/mol. The molecule has 0 bridgehead atoms. The summed E-state index contributed by atoms with van der Waals surface area (Å²) in [5.74, 6) is -0.623. The number of carboxylic acids is 2. The molecule has 0 unspecified atom stereocenters. The summed E-state index contributed by atoms with van der Waals surface area (Å²) >= 11 is 18.7. The lowest BCUT2D eigenvalue weighted by molar-refractivity contribution is -0.121. The van der Waals surface area contributed by atoms with Crippen LogP contribution in [-0.2, 0) is 128 Å². The van der Waals surface area contributed by atoms with E-state index in [1.54, 1.807) is 73.2 Å². The number of halogens is 4. The van der Waals surface area contributed by atoms with Gasteiger partial charge < -0.3 is 55.9 Å². The number of carbonyl (C=O) groups is 10. The number of pyridine rings is 1. The number of methoxy groups -OCH3 is 3. The molecule has 10 aromatic rings. The number of nitrogens with one attached hydrogen (secondary N) is 5. The number of esters is 3. The van der Waals surface area contributed by atoms with Crippen LogP contribution >= 0.6 is 55.1 Å². The van der Waals surface area contributed by atoms with Gasteiger partial charge in [-0.3, -0.25) is 24.0 Å². The molecule has 0 saturated carbocycles. The predicted octanol–water partition coefficient (Wildman–Crippen LogP) is 11.3. The average Bonchev–Trinajstić information content (AvgIpc) is 1.59. The molecule has 0 saturated heterocycles. The van der Waals surface area contributed by atoms with E-state index in [2.05, 4.69) is 134 Å². The van der Waals surface area contributed by atoms with Gasteiger partial charge in [-0.2, -0.15) is 0 Å². The molecular weight excluding hydrogens is 1700 g/mol. The number of nitrogens with zero attached hydrogens (tertiary/aromatic N) is 10. The molecule has 0 radical (unpaired) electrons. The Hall–Kier alpha value is -12.2. The van der Waals surface area contributed by atoms with Crippen molar-refractivity contribution >= 4 is 144 Å². The molecule has 34 heteroatoms. The fourth-order valence-corrected chi connectivity index (χ4v) is 17.9. The molecule has 5 aromatic heterocycles. The number of fused-ring (bicyclic) bond motifs is 13. The van der Waals surface area contributed by atoms with Crippen molar-refractivity contribution in [3.63, 3.8) is 0 Å². The molecule has 19 rings (SSSR count). The normalized spacial score (nSPS) is 18.9. The third-order valence-electron chi connectivity index (χ3n) is 22.6. The molecule has 0 fully saturated rings. The second-order valence-corrected chi connectivity index (χ2v) is 30.9. The number of aromatic nitrogens is 9. The molecule has 10 heterocycles. The van der Waals surface area contributed by atoms with E-state index in [9.17, 15) is 47.9 Å². The second kappa shape index (κ2) is 35.5. The number of aromatic carboxylic acids is 2. The van der Waals surface area contributed by atoms with Gasteiger partial charge in [0, 0.05) is 57.1 Å². The van der Waals surface area contributed by atoms with Crippen LogP contribution in [0.4, 0.5) is 29.1 Å². The molecule has 4 atom stereocenters. The van der Waals surface area contributed by atoms with Crippen LogP contribution in [0.25, 0.3) is 0 Å². The van der Waals surface area contributed by atoms with Crippen LogP contribution in [0.2, 0.25) is 10.3 Å². The lowest BCUT2D eigenvalue weighted by Gasteiger charge is -2.20. The van der Waals surface area contributed by atoms with E-state index in [0.717, 1.165) is 77.4 Å². The summed E-state index contributed by atoms with van der Waals surface area (Å²) in [4.78, 5) is 156. The molecule has 30 nitrogen and oxygen atoms in total. The highest BCUT2D eigenvalue weighted by atomic mass is 79.9. The number of amides is 5. The van der Waals surface area contributed by atoms with Gasteiger partial charge >= 0.3 is 29.8 Å². The number of rotatable bonds is 10. The zero-order valence-corrected chi connectivity index (χ0v) is 69.6. The van der Waals surface area contributed by atoms with E-state index in [1.807, 2.05) is 48.5 Å². The minimum Gasteiger partial charge on any atom is -0.478 e. The molecule has 4 spiro atoms. The maximum absolute atomic E-state index is 12.6. The highest BCUT2D eigenvalue weighted by Crippen LogP contribution is 2.52. The van der Waals surface area contributed by atoms with E-state index in [4.69, 9.17) is 42.9 Å². The molecule has 9 aliphatic rings. The van der Waals surface area contributed by atoms with Gasteiger partial charge in [0.1, 0.15) is 64.7 Å². The third kappa shape index (κ3) is 16.6. The first-order valence-corrected chi connectivity index (χ1v) is 40.5. The van der Waals surface area contributed by atoms with Crippen LogP contribution in [0.15, 0.2) is 147 Å². The lowest BCUT2D eigenvalue weighted by atomic mass is 9.79. The van der Waals surface area contributed by atoms with Crippen molar-refractivity contribution in [2.75, 3.05) is 67.5 Å². The summed E-state index contributed by atoms with van der Waals surface area (Å²) in [5, 5.41) is 34.2. The van der Waals surface area contributed by atoms with Gasteiger partial charge in [-0.25, -0.2) is 68.8 Å². The van der Waals surface area contributed by atoms with E-state index in [-0.39, 0.29) is 64.2 Å². The van der Waals surface area contributed by atoms with Crippen molar-refractivity contribution < 1.29 is 72.4 Å². The molecule has 5 aliphatic heterocycles. The zero-order chi connectivity index (χ0) is 84.8. The van der Waals surface area contributed by atoms with E-state index >= 15 is 0 Å². The maximum atomic E-state index is 12.6. The summed E-state index contributed by atoms with van der Waals surface area (Å²) in [6, 6.07) is 30.2. The summed E-state index contributed by atoms with van der Waals surface area (Å²) < 4.78 is 14.1. The van der Waals surface area contributed by atoms with Gasteiger partial charge in [0.15, 0.2) is 0 Å². The predicted molar refractivity (Wildman–Crippen MR) is 444 cm³/mol. The number of hydrogen-bond acceptors (Lipinski definition) is 23. The van der Waals surface area contributed by atoms with Crippen molar-refractivity contribution in [1.29, 1.82) is 0 Å². The SMILES string of the molecule is CCN(CC)CC.COC(=O)c1ccc(CBr)c(CBr)c1.COC(=O)c1ccc2c(c1)C[C@@]1(C2)C(=O)Nc2ncnc(Cl)c21.COC(=O)c1ccc2c(c1)C[C@@]1(C2)C(=O)Nc2ncncc21.O=C(O)c1ccc2c(c1)C[C@@]1(C2)C(=O)Nc2ncccc21.O=C(O)c1ccc2c(c1)C[C@@]1(C2)C(=O)Nc2ncncc21.O=C1Cc2c(Cl)ncnc2N1. The molecule has 5 amide bonds. The first kappa shape index (κ1) is 84.7. The van der Waals surface area contributed by atoms with Gasteiger partial charge in [-0.1, -0.05) is 112 Å². The first-order chi connectivity index (χ1) is 57.2. The molecule has 5 aromatic carbocycles. The Kier molecular flexibility index (Phi) is 25.3. The van der Waals surface area contributed by atoms with Gasteiger partial charge in [0.2, 0.25) is 29.5 Å². The number of ether oxygens (including phenoxy) is 3. The van der Waals surface area contributed by atoms with Crippen LogP contribution in [0.3, 0.4) is 0 Å². The second-order valence-electron chi connectivity index (χ2n) is 29.0. The minimum atomic E-state index is -0.960. The Morgan fingerprint density at radius 1 is 0.420 bits per heavy atom. The Morgan fingerprint density at radius 2 is 0.790 bits per heavy atom. The van der Waals surface area contributed by atoms with E-state index in [1.165, 1.54) is 71.8 Å². The largest absolute Gasteiger partial charge is 0.478 e. The van der Waals surface area contributed by atoms with Gasteiger partial charge in [0.25, 0.3) is 0 Å². The Morgan fingerprint density at radius 3 is 1.23 bits per heavy atom. The van der Waals surface area contributed by atoms with Gasteiger partial charge in [0.05, 0.1) is 77.2 Å². The fourth-order valence-electron chi connectivity index (χ4n) is 16.4. The van der Waals surface area contributed by atoms with Crippen LogP contribution < -0.4 is 26.6 Å². The molecule has 119 heavy (non-hydrogen) atoms. The van der Waals surface area contributed by atoms with Gasteiger partial charge in [-0.05, 0) is 193 Å². The van der Waals surface area contributed by atoms with E-state index in [0.29, 0.717) is 113 Å². The number of alkyl halides is 2. The standard InChI is InChI=1S/C16H12ClN3O3.C16H13N3O3.C16H12N2O3.C15H11N3O3.C10H10Br2O2.C6H4ClN3O.C6H15N/c1-23-14(21)8-2-3-9-5-16(6-10(9)4-8)11-12(17)18-7-19-13(11)20-15(16)22;1-22-14(20)9-2-3-10-5-16(6-11(10)4-9)12-7-17-8-18-13(12)19-15(16)21;19-14(20)9-3-4-10-7-16(8-11(10)6-9)12-2-1-5-17-13(12)18-15(16)21;19-13(20)8-1-2-9-4-15(5-10(9)3-8)11-6-16-7-17-12(11)18-14(15)21;1-14-10(13)7-2-3-8(5-11)9(4-7)6-12;7-5-3-1-4(11)10-6(3)9-2-8-5;1-4-7(5-2)6-3/h2-4,7H,5-6H2,1H3,(H,18,19,20,22);2-4,7-8H,5-6H2,1H3,(H,17,18,19,21);1-6H,7-8H2,(H,19,20)(H,17,18,21);1-3,6-7H,4-5H2,(H,19,20)(H,16,17,18,21);2-4H,5-6H2,1H3;2H,1H2,(H,8,9,10,11);4-6H2,1-3H3/t3*16-;15-;;;/m1111.../s1. The quantitative estimate of drug-likeness (QED) is 0.0289. The first-order valence-electron chi connectivity index (χ1n) is 37.5. The molecule has 7 N–H and O–H groups in total. The summed E-state index contributed by atoms with van der Waals surface area (Å²) in [6.07, 6.45) is 15.0. The van der Waals surface area contributed by atoms with Crippen molar-refractivity contribution in [3.05, 3.63) is 269 Å². The number of carbonyl (C=O) groups excluding carboxylic acids is 8. The zero-order valence-electron chi connectivity index (χ0n) is 64.9. The lowest BCUT2D eigenvalue weighted by Crippen LogP contribution is -2.35. The minimum absolute atomic E-state index is 0.0516.